The molecule has 9 heteroatoms. The van der Waals surface area contributed by atoms with E-state index in [9.17, 15) is 8.78 Å². The molecule has 3 heterocycles. The summed E-state index contributed by atoms with van der Waals surface area (Å²) in [5.41, 5.74) is -0.504. The van der Waals surface area contributed by atoms with E-state index in [-0.39, 0.29) is 30.7 Å². The molecular formula is C20H22F2N6O. The molecule has 0 saturated carbocycles. The molecule has 7 nitrogen and oxygen atoms in total. The first-order valence-electron chi connectivity index (χ1n) is 9.58. The van der Waals surface area contributed by atoms with Gasteiger partial charge in [-0.3, -0.25) is 5.10 Å². The van der Waals surface area contributed by atoms with Crippen LogP contribution in [0.1, 0.15) is 38.4 Å². The maximum Gasteiger partial charge on any atom is 0.199 e. The average molecular weight is 400 g/mol. The van der Waals surface area contributed by atoms with E-state index in [0.29, 0.717) is 30.1 Å². The molecule has 2 aromatic rings. The largest absolute Gasteiger partial charge is 0.488 e. The van der Waals surface area contributed by atoms with Crippen molar-refractivity contribution in [2.75, 3.05) is 13.1 Å². The van der Waals surface area contributed by atoms with Gasteiger partial charge in [-0.15, -0.1) is 0 Å². The molecular weight excluding hydrogens is 378 g/mol. The number of nitrogens with one attached hydrogen (secondary N) is 2. The molecule has 1 aromatic heterocycles. The zero-order valence-corrected chi connectivity index (χ0v) is 16.2. The maximum absolute atomic E-state index is 14.2. The molecule has 1 aromatic carbocycles. The van der Waals surface area contributed by atoms with E-state index in [2.05, 4.69) is 20.5 Å². The Kier molecular flexibility index (Phi) is 4.86. The van der Waals surface area contributed by atoms with E-state index in [4.69, 9.17) is 10.00 Å². The highest BCUT2D eigenvalue weighted by Crippen LogP contribution is 2.32. The van der Waals surface area contributed by atoms with Crippen molar-refractivity contribution in [3.63, 3.8) is 0 Å². The number of alkyl halides is 1. The third kappa shape index (κ3) is 3.75. The fourth-order valence-corrected chi connectivity index (χ4v) is 3.59. The Morgan fingerprint density at radius 2 is 2.10 bits per heavy atom. The number of fused-ring (bicyclic) bond motifs is 1. The number of aromatic nitrogens is 2. The summed E-state index contributed by atoms with van der Waals surface area (Å²) in [6.07, 6.45) is 3.62. The second-order valence-electron chi connectivity index (χ2n) is 7.60. The highest BCUT2D eigenvalue weighted by molar-refractivity contribution is 5.84. The number of aliphatic imine (C=N–C) groups is 1. The SMILES string of the molecule is CC(C)Oc1cc2c(C3C=C(N4CCC(F)(C#N)CC4)N=CN3)n[nH]c2cc1F. The highest BCUT2D eigenvalue weighted by atomic mass is 19.1. The van der Waals surface area contributed by atoms with E-state index in [1.807, 2.05) is 24.8 Å². The van der Waals surface area contributed by atoms with Crippen LogP contribution in [0.3, 0.4) is 0 Å². The Morgan fingerprint density at radius 1 is 1.34 bits per heavy atom. The van der Waals surface area contributed by atoms with Crippen LogP contribution < -0.4 is 10.1 Å². The minimum atomic E-state index is -1.76. The second-order valence-corrected chi connectivity index (χ2v) is 7.60. The van der Waals surface area contributed by atoms with Gasteiger partial charge in [0.05, 0.1) is 29.7 Å². The van der Waals surface area contributed by atoms with Crippen molar-refractivity contribution in [3.05, 3.63) is 35.5 Å². The van der Waals surface area contributed by atoms with Crippen molar-refractivity contribution in [2.45, 2.75) is 44.5 Å². The molecule has 1 atom stereocenters. The second kappa shape index (κ2) is 7.35. The molecule has 0 amide bonds. The summed E-state index contributed by atoms with van der Waals surface area (Å²) in [5, 5.41) is 20.1. The van der Waals surface area contributed by atoms with Crippen molar-refractivity contribution in [3.8, 4) is 11.8 Å². The van der Waals surface area contributed by atoms with Crippen LogP contribution >= 0.6 is 0 Å². The van der Waals surface area contributed by atoms with Crippen LogP contribution in [0.2, 0.25) is 0 Å². The zero-order valence-electron chi connectivity index (χ0n) is 16.2. The number of rotatable bonds is 4. The van der Waals surface area contributed by atoms with Crippen LogP contribution in [0.15, 0.2) is 29.0 Å². The van der Waals surface area contributed by atoms with Crippen LogP contribution in [0.4, 0.5) is 8.78 Å². The summed E-state index contributed by atoms with van der Waals surface area (Å²) in [6, 6.07) is 4.49. The summed E-state index contributed by atoms with van der Waals surface area (Å²) in [4.78, 5) is 6.32. The summed E-state index contributed by atoms with van der Waals surface area (Å²) in [5.74, 6) is 0.428. The minimum absolute atomic E-state index is 0.148. The normalized spacial score (nSPS) is 21.0. The number of hydrogen-bond donors (Lipinski definition) is 2. The van der Waals surface area contributed by atoms with Crippen molar-refractivity contribution < 1.29 is 13.5 Å². The van der Waals surface area contributed by atoms with Crippen LogP contribution in [-0.2, 0) is 0 Å². The van der Waals surface area contributed by atoms with Crippen LogP contribution in [0, 0.1) is 17.1 Å². The monoisotopic (exact) mass is 400 g/mol. The van der Waals surface area contributed by atoms with Crippen molar-refractivity contribution >= 4 is 17.2 Å². The highest BCUT2D eigenvalue weighted by Gasteiger charge is 2.35. The van der Waals surface area contributed by atoms with Gasteiger partial charge in [0.2, 0.25) is 0 Å². The number of halogens is 2. The van der Waals surface area contributed by atoms with Gasteiger partial charge in [-0.1, -0.05) is 0 Å². The van der Waals surface area contributed by atoms with Gasteiger partial charge in [-0.05, 0) is 26.0 Å². The lowest BCUT2D eigenvalue weighted by Gasteiger charge is -2.35. The molecule has 2 N–H and O–H groups in total. The third-order valence-electron chi connectivity index (χ3n) is 5.15. The Bertz CT molecular complexity index is 1010. The van der Waals surface area contributed by atoms with Gasteiger partial charge in [0.15, 0.2) is 17.2 Å². The number of ether oxygens (including phenoxy) is 1. The Labute approximate surface area is 167 Å². The fourth-order valence-electron chi connectivity index (χ4n) is 3.59. The first kappa shape index (κ1) is 19.2. The minimum Gasteiger partial charge on any atom is -0.488 e. The molecule has 2 aliphatic heterocycles. The van der Waals surface area contributed by atoms with Crippen LogP contribution in [-0.4, -0.2) is 46.3 Å². The van der Waals surface area contributed by atoms with Gasteiger partial charge in [-0.2, -0.15) is 10.4 Å². The smallest absolute Gasteiger partial charge is 0.199 e. The lowest BCUT2D eigenvalue weighted by Crippen LogP contribution is -2.41. The maximum atomic E-state index is 14.2. The van der Waals surface area contributed by atoms with Gasteiger partial charge in [-0.25, -0.2) is 13.8 Å². The van der Waals surface area contributed by atoms with Gasteiger partial charge >= 0.3 is 0 Å². The molecule has 1 fully saturated rings. The van der Waals surface area contributed by atoms with Crippen molar-refractivity contribution in [1.29, 1.82) is 5.26 Å². The molecule has 2 aliphatic rings. The third-order valence-corrected chi connectivity index (χ3v) is 5.15. The van der Waals surface area contributed by atoms with Gasteiger partial charge in [0.1, 0.15) is 11.9 Å². The molecule has 0 bridgehead atoms. The summed E-state index contributed by atoms with van der Waals surface area (Å²) >= 11 is 0. The Hall–Kier alpha value is -3.15. The lowest BCUT2D eigenvalue weighted by molar-refractivity contribution is 0.122. The van der Waals surface area contributed by atoms with E-state index in [0.717, 1.165) is 5.39 Å². The predicted molar refractivity (Wildman–Crippen MR) is 105 cm³/mol. The number of hydrogen-bond acceptors (Lipinski definition) is 6. The standard InChI is InChI=1S/C20H22F2N6O/c1-12(2)29-17-7-13-15(8-14(17)21)26-27-19(13)16-9-18(25-11-24-16)28-5-3-20(22,10-23)4-6-28/h7-9,11-12,16H,3-6H2,1-2H3,(H,24,25)(H,26,27). The summed E-state index contributed by atoms with van der Waals surface area (Å²) in [7, 11) is 0. The molecule has 0 radical (unpaired) electrons. The summed E-state index contributed by atoms with van der Waals surface area (Å²) < 4.78 is 34.0. The molecule has 1 saturated heterocycles. The number of aromatic amines is 1. The van der Waals surface area contributed by atoms with Gasteiger partial charge < -0.3 is 15.0 Å². The molecule has 1 unspecified atom stereocenters. The van der Waals surface area contributed by atoms with Gasteiger partial charge in [0.25, 0.3) is 0 Å². The van der Waals surface area contributed by atoms with E-state index >= 15 is 0 Å². The number of nitrogens with zero attached hydrogens (tertiary/aromatic N) is 4. The number of likely N-dealkylation sites (tertiary alicyclic amines) is 1. The lowest BCUT2D eigenvalue weighted by atomic mass is 9.95. The fraction of sp³-hybridized carbons (Fsp3) is 0.450. The van der Waals surface area contributed by atoms with E-state index in [1.54, 1.807) is 18.5 Å². The number of H-pyrrole nitrogens is 1. The Morgan fingerprint density at radius 3 is 2.79 bits per heavy atom. The summed E-state index contributed by atoms with van der Waals surface area (Å²) in [6.45, 7) is 4.51. The molecule has 152 valence electrons. The quantitative estimate of drug-likeness (QED) is 0.822. The first-order chi connectivity index (χ1) is 13.9. The van der Waals surface area contributed by atoms with Crippen molar-refractivity contribution in [2.24, 2.45) is 4.99 Å². The van der Waals surface area contributed by atoms with Crippen molar-refractivity contribution in [1.82, 2.24) is 20.4 Å². The number of piperidine rings is 1. The van der Waals surface area contributed by atoms with Crippen LogP contribution in [0.25, 0.3) is 10.9 Å². The zero-order chi connectivity index (χ0) is 20.6. The van der Waals surface area contributed by atoms with E-state index in [1.165, 1.54) is 6.07 Å². The van der Waals surface area contributed by atoms with Gasteiger partial charge in [0, 0.05) is 37.4 Å². The molecule has 29 heavy (non-hydrogen) atoms. The van der Waals surface area contributed by atoms with Crippen LogP contribution in [0.5, 0.6) is 5.75 Å². The van der Waals surface area contributed by atoms with E-state index < -0.39 is 11.5 Å². The molecule has 4 rings (SSSR count). The average Bonchev–Trinajstić information content (AvgIpc) is 3.11. The number of nitriles is 1. The molecule has 0 aliphatic carbocycles. The predicted octanol–water partition coefficient (Wildman–Crippen LogP) is 3.33. The topological polar surface area (TPSA) is 89.3 Å². The molecule has 0 spiro atoms. The Balaban J connectivity index is 1.61. The number of benzene rings is 1. The first-order valence-corrected chi connectivity index (χ1v) is 9.58.